The largest absolute Gasteiger partial charge is 0.436 e. The molecule has 1 aromatic heterocycles. The second-order valence-corrected chi connectivity index (χ2v) is 5.02. The fourth-order valence-electron chi connectivity index (χ4n) is 1.94. The second kappa shape index (κ2) is 6.00. The van der Waals surface area contributed by atoms with Gasteiger partial charge in [-0.25, -0.2) is 0 Å². The molecule has 1 aromatic carbocycles. The Morgan fingerprint density at radius 3 is 2.36 bits per heavy atom. The molecule has 1 N–H and O–H groups in total. The fraction of sp³-hybridized carbons (Fsp3) is 0.286. The van der Waals surface area contributed by atoms with Crippen molar-refractivity contribution in [2.45, 2.75) is 19.5 Å². The first-order valence-corrected chi connectivity index (χ1v) is 6.81. The van der Waals surface area contributed by atoms with E-state index in [1.165, 1.54) is 7.05 Å². The molecule has 0 unspecified atom stereocenters. The monoisotopic (exact) mass is 331 g/mol. The zero-order chi connectivity index (χ0) is 16.5. The molecule has 0 aliphatic heterocycles. The lowest BCUT2D eigenvalue weighted by Crippen LogP contribution is -2.16. The average molecular weight is 332 g/mol. The van der Waals surface area contributed by atoms with Crippen LogP contribution in [0, 0.1) is 0 Å². The van der Waals surface area contributed by atoms with Gasteiger partial charge in [-0.2, -0.15) is 18.3 Å². The summed E-state index contributed by atoms with van der Waals surface area (Å²) >= 11 is 5.66. The van der Waals surface area contributed by atoms with E-state index in [4.69, 9.17) is 11.6 Å². The molecule has 0 aliphatic rings. The van der Waals surface area contributed by atoms with Gasteiger partial charge in [0.05, 0.1) is 0 Å². The first-order valence-electron chi connectivity index (χ1n) is 6.44. The highest BCUT2D eigenvalue weighted by Gasteiger charge is 2.39. The summed E-state index contributed by atoms with van der Waals surface area (Å²) in [6.45, 7) is 1.99. The lowest BCUT2D eigenvalue weighted by molar-refractivity contribution is -0.141. The van der Waals surface area contributed by atoms with Crippen LogP contribution in [0.15, 0.2) is 24.3 Å². The van der Waals surface area contributed by atoms with Gasteiger partial charge in [0.2, 0.25) is 0 Å². The molecule has 1 amide bonds. The number of carbonyl (C=O) groups is 1. The molecule has 0 atom stereocenters. The number of alkyl halides is 3. The molecule has 118 valence electrons. The van der Waals surface area contributed by atoms with E-state index in [1.807, 2.05) is 19.1 Å². The predicted octanol–water partition coefficient (Wildman–Crippen LogP) is 3.91. The first-order chi connectivity index (χ1) is 10.2. The van der Waals surface area contributed by atoms with Crippen LogP contribution in [0.1, 0.15) is 28.7 Å². The van der Waals surface area contributed by atoms with Crippen molar-refractivity contribution in [3.63, 3.8) is 0 Å². The summed E-state index contributed by atoms with van der Waals surface area (Å²) < 4.78 is 39.0. The molecule has 4 nitrogen and oxygen atoms in total. The van der Waals surface area contributed by atoms with Gasteiger partial charge < -0.3 is 5.32 Å². The smallest absolute Gasteiger partial charge is 0.321 e. The summed E-state index contributed by atoms with van der Waals surface area (Å²) in [4.78, 5) is 12.1. The third-order valence-corrected chi connectivity index (χ3v) is 3.45. The fourth-order valence-corrected chi connectivity index (χ4v) is 2.29. The van der Waals surface area contributed by atoms with Crippen molar-refractivity contribution < 1.29 is 18.0 Å². The van der Waals surface area contributed by atoms with E-state index in [9.17, 15) is 18.0 Å². The highest BCUT2D eigenvalue weighted by Crippen LogP contribution is 2.35. The maximum Gasteiger partial charge on any atom is 0.436 e. The van der Waals surface area contributed by atoms with Crippen molar-refractivity contribution in [3.05, 3.63) is 46.2 Å². The minimum absolute atomic E-state index is 0.339. The number of nitrogens with zero attached hydrogens (tertiary/aromatic N) is 2. The van der Waals surface area contributed by atoms with Crippen molar-refractivity contribution in [2.75, 3.05) is 5.32 Å². The number of amides is 1. The molecule has 0 bridgehead atoms. The van der Waals surface area contributed by atoms with Crippen LogP contribution in [0.25, 0.3) is 0 Å². The quantitative estimate of drug-likeness (QED) is 0.927. The standard InChI is InChI=1S/C14H13ClF3N3O/c1-3-8-4-6-9(7-5-8)19-13(22)11-10(15)12(14(16,17)18)20-21(11)2/h4-7H,3H2,1-2H3,(H,19,22). The van der Waals surface area contributed by atoms with Gasteiger partial charge in [0.15, 0.2) is 5.69 Å². The topological polar surface area (TPSA) is 46.9 Å². The minimum Gasteiger partial charge on any atom is -0.321 e. The molecule has 2 rings (SSSR count). The Balaban J connectivity index is 2.28. The van der Waals surface area contributed by atoms with Gasteiger partial charge in [-0.1, -0.05) is 30.7 Å². The third-order valence-electron chi connectivity index (χ3n) is 3.09. The summed E-state index contributed by atoms with van der Waals surface area (Å²) in [5, 5.41) is 5.06. The highest BCUT2D eigenvalue weighted by molar-refractivity contribution is 6.34. The van der Waals surface area contributed by atoms with E-state index in [2.05, 4.69) is 10.4 Å². The zero-order valence-corrected chi connectivity index (χ0v) is 12.6. The molecule has 0 spiro atoms. The van der Waals surface area contributed by atoms with Crippen LogP contribution in [0.5, 0.6) is 0 Å². The normalized spacial score (nSPS) is 11.5. The van der Waals surface area contributed by atoms with E-state index in [1.54, 1.807) is 12.1 Å². The second-order valence-electron chi connectivity index (χ2n) is 4.64. The van der Waals surface area contributed by atoms with Crippen LogP contribution >= 0.6 is 11.6 Å². The van der Waals surface area contributed by atoms with Gasteiger partial charge in [0.25, 0.3) is 5.91 Å². The molecule has 0 saturated carbocycles. The number of benzene rings is 1. The van der Waals surface area contributed by atoms with Crippen molar-refractivity contribution in [3.8, 4) is 0 Å². The van der Waals surface area contributed by atoms with Gasteiger partial charge >= 0.3 is 6.18 Å². The van der Waals surface area contributed by atoms with E-state index < -0.39 is 22.8 Å². The number of rotatable bonds is 3. The van der Waals surface area contributed by atoms with Gasteiger partial charge in [0.1, 0.15) is 10.7 Å². The summed E-state index contributed by atoms with van der Waals surface area (Å²) in [5.41, 5.74) is -0.0688. The lowest BCUT2D eigenvalue weighted by Gasteiger charge is -2.07. The number of aryl methyl sites for hydroxylation is 2. The maximum atomic E-state index is 12.7. The molecule has 8 heteroatoms. The van der Waals surface area contributed by atoms with Crippen LogP contribution in [-0.4, -0.2) is 15.7 Å². The van der Waals surface area contributed by atoms with E-state index in [-0.39, 0.29) is 5.69 Å². The van der Waals surface area contributed by atoms with Crippen molar-refractivity contribution >= 4 is 23.2 Å². The lowest BCUT2D eigenvalue weighted by atomic mass is 10.1. The number of hydrogen-bond acceptors (Lipinski definition) is 2. The number of halogens is 4. The van der Waals surface area contributed by atoms with Crippen molar-refractivity contribution in [1.29, 1.82) is 0 Å². The number of nitrogens with one attached hydrogen (secondary N) is 1. The Labute approximate surface area is 129 Å². The highest BCUT2D eigenvalue weighted by atomic mass is 35.5. The molecule has 2 aromatic rings. The average Bonchev–Trinajstić information content (AvgIpc) is 2.75. The van der Waals surface area contributed by atoms with Gasteiger partial charge in [-0.3, -0.25) is 9.48 Å². The van der Waals surface area contributed by atoms with Crippen molar-refractivity contribution in [2.24, 2.45) is 7.05 Å². The van der Waals surface area contributed by atoms with E-state index in [0.29, 0.717) is 5.69 Å². The van der Waals surface area contributed by atoms with Crippen LogP contribution in [-0.2, 0) is 19.6 Å². The van der Waals surface area contributed by atoms with Crippen LogP contribution < -0.4 is 5.32 Å². The molecule has 22 heavy (non-hydrogen) atoms. The van der Waals surface area contributed by atoms with Crippen LogP contribution in [0.4, 0.5) is 18.9 Å². The number of carbonyl (C=O) groups excluding carboxylic acids is 1. The molecular weight excluding hydrogens is 319 g/mol. The predicted molar refractivity (Wildman–Crippen MR) is 77.0 cm³/mol. The molecule has 0 aliphatic carbocycles. The number of hydrogen-bond donors (Lipinski definition) is 1. The molecular formula is C14H13ClF3N3O. The molecule has 0 fully saturated rings. The van der Waals surface area contributed by atoms with Crippen LogP contribution in [0.2, 0.25) is 5.02 Å². The molecule has 1 heterocycles. The number of anilines is 1. The zero-order valence-electron chi connectivity index (χ0n) is 11.8. The Morgan fingerprint density at radius 1 is 1.32 bits per heavy atom. The number of aromatic nitrogens is 2. The summed E-state index contributed by atoms with van der Waals surface area (Å²) in [6.07, 6.45) is -3.87. The Kier molecular flexibility index (Phi) is 4.46. The van der Waals surface area contributed by atoms with Gasteiger partial charge in [0, 0.05) is 12.7 Å². The Hall–Kier alpha value is -2.02. The maximum absolute atomic E-state index is 12.7. The first kappa shape index (κ1) is 16.4. The molecule has 0 radical (unpaired) electrons. The molecule has 0 saturated heterocycles. The van der Waals surface area contributed by atoms with Crippen molar-refractivity contribution in [1.82, 2.24) is 9.78 Å². The van der Waals surface area contributed by atoms with Gasteiger partial charge in [-0.05, 0) is 24.1 Å². The summed E-state index contributed by atoms with van der Waals surface area (Å²) in [5.74, 6) is -0.750. The summed E-state index contributed by atoms with van der Waals surface area (Å²) in [6, 6.07) is 6.99. The van der Waals surface area contributed by atoms with Crippen LogP contribution in [0.3, 0.4) is 0 Å². The Bertz CT molecular complexity index is 693. The summed E-state index contributed by atoms with van der Waals surface area (Å²) in [7, 11) is 1.23. The van der Waals surface area contributed by atoms with Gasteiger partial charge in [-0.15, -0.1) is 0 Å². The Morgan fingerprint density at radius 2 is 1.91 bits per heavy atom. The van der Waals surface area contributed by atoms with E-state index in [0.717, 1.165) is 16.7 Å². The SMILES string of the molecule is CCc1ccc(NC(=O)c2c(Cl)c(C(F)(F)F)nn2C)cc1. The third kappa shape index (κ3) is 3.24. The van der Waals surface area contributed by atoms with E-state index >= 15 is 0 Å². The minimum atomic E-state index is -4.71.